The molecule has 1 aliphatic rings. The monoisotopic (exact) mass is 359 g/mol. The van der Waals surface area contributed by atoms with Crippen LogP contribution in [0.4, 0.5) is 0 Å². The molecule has 0 aromatic heterocycles. The van der Waals surface area contributed by atoms with E-state index in [1.807, 2.05) is 31.3 Å². The maximum Gasteiger partial charge on any atom is 0.253 e. The number of carbonyl (C=O) groups excluding carboxylic acids is 1. The molecule has 1 fully saturated rings. The summed E-state index contributed by atoms with van der Waals surface area (Å²) >= 11 is 2.23. The van der Waals surface area contributed by atoms with E-state index < -0.39 is 0 Å². The highest BCUT2D eigenvalue weighted by Crippen LogP contribution is 2.28. The third-order valence-corrected chi connectivity index (χ3v) is 3.78. The van der Waals surface area contributed by atoms with Crippen molar-refractivity contribution in [3.05, 3.63) is 33.4 Å². The lowest BCUT2D eigenvalue weighted by atomic mass is 10.2. The number of amides is 1. The summed E-state index contributed by atoms with van der Waals surface area (Å²) in [7, 11) is 1.82. The molecule has 0 spiro atoms. The molecule has 1 aromatic rings. The number of hydrogen-bond acceptors (Lipinski definition) is 2. The second kappa shape index (κ2) is 6.52. The van der Waals surface area contributed by atoms with E-state index in [0.29, 0.717) is 13.2 Å². The first-order valence-electron chi connectivity index (χ1n) is 6.25. The molecular formula is C14H18INO2. The molecule has 1 aromatic carbocycles. The summed E-state index contributed by atoms with van der Waals surface area (Å²) in [5, 5.41) is 0. The molecule has 0 unspecified atom stereocenters. The normalized spacial score (nSPS) is 14.6. The van der Waals surface area contributed by atoms with Gasteiger partial charge in [-0.1, -0.05) is 0 Å². The molecule has 1 amide bonds. The molecule has 0 heterocycles. The molecule has 0 aliphatic heterocycles. The number of ether oxygens (including phenoxy) is 1. The molecule has 18 heavy (non-hydrogen) atoms. The van der Waals surface area contributed by atoms with E-state index in [2.05, 4.69) is 22.6 Å². The maximum atomic E-state index is 12.1. The van der Waals surface area contributed by atoms with Gasteiger partial charge in [-0.05, 0) is 65.6 Å². The molecule has 3 nitrogen and oxygen atoms in total. The van der Waals surface area contributed by atoms with Gasteiger partial charge in [0.15, 0.2) is 0 Å². The second-order valence-electron chi connectivity index (χ2n) is 4.75. The fourth-order valence-electron chi connectivity index (χ4n) is 1.65. The van der Waals surface area contributed by atoms with Crippen molar-refractivity contribution in [1.82, 2.24) is 4.90 Å². The van der Waals surface area contributed by atoms with Crippen LogP contribution in [0.3, 0.4) is 0 Å². The minimum absolute atomic E-state index is 0.0569. The number of hydrogen-bond donors (Lipinski definition) is 0. The van der Waals surface area contributed by atoms with Crippen LogP contribution >= 0.6 is 22.6 Å². The summed E-state index contributed by atoms with van der Waals surface area (Å²) in [6, 6.07) is 7.63. The maximum absolute atomic E-state index is 12.1. The van der Waals surface area contributed by atoms with Crippen LogP contribution in [-0.4, -0.2) is 37.6 Å². The Morgan fingerprint density at radius 1 is 1.39 bits per heavy atom. The van der Waals surface area contributed by atoms with Crippen molar-refractivity contribution in [3.63, 3.8) is 0 Å². The predicted octanol–water partition coefficient (Wildman–Crippen LogP) is 2.79. The fraction of sp³-hybridized carbons (Fsp3) is 0.500. The van der Waals surface area contributed by atoms with Crippen molar-refractivity contribution in [2.24, 2.45) is 5.92 Å². The third kappa shape index (κ3) is 4.24. The first-order valence-corrected chi connectivity index (χ1v) is 7.33. The zero-order valence-electron chi connectivity index (χ0n) is 10.6. The highest BCUT2D eigenvalue weighted by Gasteiger charge is 2.21. The summed E-state index contributed by atoms with van der Waals surface area (Å²) < 4.78 is 6.68. The van der Waals surface area contributed by atoms with Gasteiger partial charge in [-0.15, -0.1) is 0 Å². The Morgan fingerprint density at radius 2 is 2.06 bits per heavy atom. The Hall–Kier alpha value is -0.620. The molecule has 0 bridgehead atoms. The number of likely N-dealkylation sites (N-methyl/N-ethyl adjacent to an activating group) is 1. The molecule has 98 valence electrons. The average Bonchev–Trinajstić information content (AvgIpc) is 3.18. The zero-order chi connectivity index (χ0) is 13.0. The van der Waals surface area contributed by atoms with Crippen LogP contribution in [0.2, 0.25) is 0 Å². The minimum Gasteiger partial charge on any atom is -0.379 e. The van der Waals surface area contributed by atoms with Gasteiger partial charge in [-0.25, -0.2) is 0 Å². The minimum atomic E-state index is 0.0569. The van der Waals surface area contributed by atoms with E-state index >= 15 is 0 Å². The number of halogens is 1. The van der Waals surface area contributed by atoms with Gasteiger partial charge >= 0.3 is 0 Å². The number of nitrogens with zero attached hydrogens (tertiary/aromatic N) is 1. The Labute approximate surface area is 122 Å². The topological polar surface area (TPSA) is 29.5 Å². The highest BCUT2D eigenvalue weighted by atomic mass is 127. The third-order valence-electron chi connectivity index (χ3n) is 3.06. The van der Waals surface area contributed by atoms with Crippen LogP contribution in [0.15, 0.2) is 24.3 Å². The van der Waals surface area contributed by atoms with Crippen LogP contribution in [-0.2, 0) is 4.74 Å². The molecule has 0 atom stereocenters. The lowest BCUT2D eigenvalue weighted by Crippen LogP contribution is -2.30. The van der Waals surface area contributed by atoms with Crippen LogP contribution in [0.1, 0.15) is 23.2 Å². The van der Waals surface area contributed by atoms with E-state index in [1.54, 1.807) is 4.90 Å². The van der Waals surface area contributed by atoms with Crippen molar-refractivity contribution in [3.8, 4) is 0 Å². The smallest absolute Gasteiger partial charge is 0.253 e. The van der Waals surface area contributed by atoms with E-state index in [4.69, 9.17) is 4.74 Å². The molecule has 0 saturated heterocycles. The Bertz CT molecular complexity index is 401. The zero-order valence-corrected chi connectivity index (χ0v) is 12.7. The number of benzene rings is 1. The van der Waals surface area contributed by atoms with Crippen molar-refractivity contribution < 1.29 is 9.53 Å². The molecule has 2 rings (SSSR count). The van der Waals surface area contributed by atoms with Crippen LogP contribution in [0.5, 0.6) is 0 Å². The van der Waals surface area contributed by atoms with Crippen LogP contribution in [0, 0.1) is 9.49 Å². The largest absolute Gasteiger partial charge is 0.379 e. The Kier molecular flexibility index (Phi) is 5.00. The average molecular weight is 359 g/mol. The molecule has 0 radical (unpaired) electrons. The van der Waals surface area contributed by atoms with Crippen molar-refractivity contribution in [2.75, 3.05) is 26.8 Å². The molecule has 1 aliphatic carbocycles. The van der Waals surface area contributed by atoms with Gasteiger partial charge in [0.1, 0.15) is 0 Å². The fourth-order valence-corrected chi connectivity index (χ4v) is 2.01. The van der Waals surface area contributed by atoms with Gasteiger partial charge in [0.05, 0.1) is 6.61 Å². The standard InChI is InChI=1S/C14H18INO2/c1-16(8-9-18-10-11-2-3-11)14(17)12-4-6-13(15)7-5-12/h4-7,11H,2-3,8-10H2,1H3. The predicted molar refractivity (Wildman–Crippen MR) is 79.7 cm³/mol. The summed E-state index contributed by atoms with van der Waals surface area (Å²) in [5.74, 6) is 0.837. The lowest BCUT2D eigenvalue weighted by Gasteiger charge is -2.17. The quantitative estimate of drug-likeness (QED) is 0.578. The van der Waals surface area contributed by atoms with Gasteiger partial charge in [0.2, 0.25) is 0 Å². The Morgan fingerprint density at radius 3 is 2.67 bits per heavy atom. The van der Waals surface area contributed by atoms with Crippen molar-refractivity contribution in [1.29, 1.82) is 0 Å². The lowest BCUT2D eigenvalue weighted by molar-refractivity contribution is 0.0681. The van der Waals surface area contributed by atoms with Crippen LogP contribution in [0.25, 0.3) is 0 Å². The van der Waals surface area contributed by atoms with Gasteiger partial charge < -0.3 is 9.64 Å². The molecule has 0 N–H and O–H groups in total. The van der Waals surface area contributed by atoms with E-state index in [-0.39, 0.29) is 5.91 Å². The SMILES string of the molecule is CN(CCOCC1CC1)C(=O)c1ccc(I)cc1. The summed E-state index contributed by atoms with van der Waals surface area (Å²) in [4.78, 5) is 13.8. The molecular weight excluding hydrogens is 341 g/mol. The first kappa shape index (κ1) is 13.8. The van der Waals surface area contributed by atoms with Crippen molar-refractivity contribution >= 4 is 28.5 Å². The summed E-state index contributed by atoms with van der Waals surface area (Å²) in [6.45, 7) is 2.13. The Balaban J connectivity index is 1.74. The van der Waals surface area contributed by atoms with E-state index in [0.717, 1.165) is 21.7 Å². The summed E-state index contributed by atoms with van der Waals surface area (Å²) in [5.41, 5.74) is 0.736. The number of rotatable bonds is 6. The van der Waals surface area contributed by atoms with Gasteiger partial charge in [-0.3, -0.25) is 4.79 Å². The van der Waals surface area contributed by atoms with Gasteiger partial charge in [0.25, 0.3) is 5.91 Å². The highest BCUT2D eigenvalue weighted by molar-refractivity contribution is 14.1. The summed E-state index contributed by atoms with van der Waals surface area (Å²) in [6.07, 6.45) is 2.61. The van der Waals surface area contributed by atoms with Crippen molar-refractivity contribution in [2.45, 2.75) is 12.8 Å². The van der Waals surface area contributed by atoms with Gasteiger partial charge in [-0.2, -0.15) is 0 Å². The molecule has 1 saturated carbocycles. The van der Waals surface area contributed by atoms with E-state index in [9.17, 15) is 4.79 Å². The van der Waals surface area contributed by atoms with Gasteiger partial charge in [0, 0.05) is 29.3 Å². The number of carbonyl (C=O) groups is 1. The molecule has 4 heteroatoms. The van der Waals surface area contributed by atoms with Crippen LogP contribution < -0.4 is 0 Å². The van der Waals surface area contributed by atoms with E-state index in [1.165, 1.54) is 12.8 Å². The second-order valence-corrected chi connectivity index (χ2v) is 6.00. The first-order chi connectivity index (χ1) is 8.66.